The molecule has 1 aromatic carbocycles. The first-order valence-corrected chi connectivity index (χ1v) is 7.51. The van der Waals surface area contributed by atoms with E-state index in [1.54, 1.807) is 24.3 Å². The maximum atomic E-state index is 12.3. The zero-order valence-electron chi connectivity index (χ0n) is 12.3. The molecule has 3 rings (SSSR count). The van der Waals surface area contributed by atoms with Crippen LogP contribution in [0.3, 0.4) is 0 Å². The molecule has 5 nitrogen and oxygen atoms in total. The van der Waals surface area contributed by atoms with Crippen molar-refractivity contribution in [2.45, 2.75) is 12.8 Å². The van der Waals surface area contributed by atoms with Crippen LogP contribution in [0.2, 0.25) is 0 Å². The van der Waals surface area contributed by atoms with Crippen molar-refractivity contribution in [3.05, 3.63) is 35.4 Å². The lowest BCUT2D eigenvalue weighted by Crippen LogP contribution is -2.43. The molecule has 1 N–H and O–H groups in total. The highest BCUT2D eigenvalue weighted by Crippen LogP contribution is 2.22. The molecule has 21 heavy (non-hydrogen) atoms. The van der Waals surface area contributed by atoms with Crippen LogP contribution in [0.15, 0.2) is 24.3 Å². The van der Waals surface area contributed by atoms with E-state index in [-0.39, 0.29) is 11.8 Å². The van der Waals surface area contributed by atoms with Gasteiger partial charge in [-0.2, -0.15) is 0 Å². The van der Waals surface area contributed by atoms with Crippen LogP contribution < -0.4 is 5.32 Å². The molecule has 1 unspecified atom stereocenters. The highest BCUT2D eigenvalue weighted by Gasteiger charge is 2.35. The second-order valence-corrected chi connectivity index (χ2v) is 5.98. The zero-order chi connectivity index (χ0) is 14.8. The number of nitrogens with zero attached hydrogens (tertiary/aromatic N) is 2. The van der Waals surface area contributed by atoms with Crippen molar-refractivity contribution in [2.75, 3.05) is 33.4 Å². The Morgan fingerprint density at radius 2 is 1.90 bits per heavy atom. The Morgan fingerprint density at radius 3 is 2.48 bits per heavy atom. The molecule has 0 aromatic heterocycles. The average Bonchev–Trinajstić information content (AvgIpc) is 2.74. The third kappa shape index (κ3) is 2.84. The Labute approximate surface area is 124 Å². The van der Waals surface area contributed by atoms with Crippen molar-refractivity contribution < 1.29 is 9.59 Å². The first kappa shape index (κ1) is 14.2. The summed E-state index contributed by atoms with van der Waals surface area (Å²) in [7, 11) is 1.97. The van der Waals surface area contributed by atoms with E-state index in [0.29, 0.717) is 23.7 Å². The Balaban J connectivity index is 1.63. The predicted molar refractivity (Wildman–Crippen MR) is 80.0 cm³/mol. The smallest absolute Gasteiger partial charge is 0.262 e. The van der Waals surface area contributed by atoms with Gasteiger partial charge in [0.1, 0.15) is 0 Å². The number of hydrogen-bond donors (Lipinski definition) is 1. The molecular weight excluding hydrogens is 266 g/mol. The summed E-state index contributed by atoms with van der Waals surface area (Å²) >= 11 is 0. The summed E-state index contributed by atoms with van der Waals surface area (Å²) in [6.45, 7) is 3.38. The molecule has 0 saturated carbocycles. The van der Waals surface area contributed by atoms with Gasteiger partial charge in [-0.15, -0.1) is 0 Å². The number of piperidine rings is 1. The number of fused-ring (bicyclic) bond motifs is 1. The Morgan fingerprint density at radius 1 is 1.24 bits per heavy atom. The molecule has 1 fully saturated rings. The molecule has 0 bridgehead atoms. The molecule has 0 radical (unpaired) electrons. The summed E-state index contributed by atoms with van der Waals surface area (Å²) in [6, 6.07) is 7.04. The topological polar surface area (TPSA) is 52.6 Å². The lowest BCUT2D eigenvalue weighted by Gasteiger charge is -2.29. The molecular formula is C16H21N3O2. The van der Waals surface area contributed by atoms with Crippen LogP contribution in [-0.2, 0) is 0 Å². The lowest BCUT2D eigenvalue weighted by molar-refractivity contribution is 0.0548. The molecule has 2 aliphatic rings. The summed E-state index contributed by atoms with van der Waals surface area (Å²) in [4.78, 5) is 28.0. The summed E-state index contributed by atoms with van der Waals surface area (Å²) < 4.78 is 0. The Hall–Kier alpha value is -1.72. The van der Waals surface area contributed by atoms with E-state index >= 15 is 0 Å². The van der Waals surface area contributed by atoms with Crippen LogP contribution in [0.5, 0.6) is 0 Å². The Kier molecular flexibility index (Phi) is 4.03. The zero-order valence-corrected chi connectivity index (χ0v) is 12.3. The van der Waals surface area contributed by atoms with E-state index in [1.165, 1.54) is 17.7 Å². The first-order chi connectivity index (χ1) is 10.2. The molecule has 0 spiro atoms. The second kappa shape index (κ2) is 5.95. The van der Waals surface area contributed by atoms with Crippen molar-refractivity contribution in [3.63, 3.8) is 0 Å². The quantitative estimate of drug-likeness (QED) is 0.845. The molecule has 2 aliphatic heterocycles. The number of hydrogen-bond acceptors (Lipinski definition) is 4. The van der Waals surface area contributed by atoms with Crippen molar-refractivity contribution in [1.29, 1.82) is 0 Å². The summed E-state index contributed by atoms with van der Waals surface area (Å²) in [5.41, 5.74) is 1.05. The first-order valence-electron chi connectivity index (χ1n) is 7.51. The number of rotatable bonds is 4. The minimum absolute atomic E-state index is 0.177. The van der Waals surface area contributed by atoms with Crippen molar-refractivity contribution in [2.24, 2.45) is 5.92 Å². The van der Waals surface area contributed by atoms with Gasteiger partial charge >= 0.3 is 0 Å². The maximum Gasteiger partial charge on any atom is 0.262 e. The summed E-state index contributed by atoms with van der Waals surface area (Å²) in [6.07, 6.45) is 2.41. The molecule has 1 saturated heterocycles. The third-order valence-corrected chi connectivity index (χ3v) is 4.23. The minimum atomic E-state index is -0.177. The van der Waals surface area contributed by atoms with E-state index in [1.807, 2.05) is 7.05 Å². The van der Waals surface area contributed by atoms with Crippen molar-refractivity contribution in [1.82, 2.24) is 15.1 Å². The summed E-state index contributed by atoms with van der Waals surface area (Å²) in [5, 5.41) is 3.39. The fraction of sp³-hybridized carbons (Fsp3) is 0.500. The van der Waals surface area contributed by atoms with E-state index in [0.717, 1.165) is 19.6 Å². The van der Waals surface area contributed by atoms with E-state index in [2.05, 4.69) is 10.2 Å². The molecule has 2 amide bonds. The number of amides is 2. The number of nitrogens with one attached hydrogen (secondary N) is 1. The largest absolute Gasteiger partial charge is 0.316 e. The van der Waals surface area contributed by atoms with Crippen molar-refractivity contribution >= 4 is 11.8 Å². The standard InChI is InChI=1S/C16H21N3O2/c1-18(10-12-5-4-8-17-9-12)11-19-15(20)13-6-2-3-7-14(13)16(19)21/h2-3,6-7,12,17H,4-5,8-11H2,1H3. The van der Waals surface area contributed by atoms with Crippen molar-refractivity contribution in [3.8, 4) is 0 Å². The Bertz CT molecular complexity index is 517. The highest BCUT2D eigenvalue weighted by atomic mass is 16.2. The highest BCUT2D eigenvalue weighted by molar-refractivity contribution is 6.21. The molecule has 1 atom stereocenters. The van der Waals surface area contributed by atoms with E-state index < -0.39 is 0 Å². The number of carbonyl (C=O) groups is 2. The van der Waals surface area contributed by atoms with Gasteiger partial charge in [-0.05, 0) is 51.0 Å². The van der Waals surface area contributed by atoms with Crippen LogP contribution in [0.1, 0.15) is 33.6 Å². The minimum Gasteiger partial charge on any atom is -0.316 e. The van der Waals surface area contributed by atoms with Crippen LogP contribution in [0.4, 0.5) is 0 Å². The van der Waals surface area contributed by atoms with Gasteiger partial charge in [-0.1, -0.05) is 12.1 Å². The van der Waals surface area contributed by atoms with E-state index in [4.69, 9.17) is 0 Å². The monoisotopic (exact) mass is 287 g/mol. The van der Waals surface area contributed by atoms with Crippen LogP contribution in [0, 0.1) is 5.92 Å². The second-order valence-electron chi connectivity index (χ2n) is 5.98. The predicted octanol–water partition coefficient (Wildman–Crippen LogP) is 1.17. The van der Waals surface area contributed by atoms with Gasteiger partial charge < -0.3 is 5.32 Å². The number of imide groups is 1. The van der Waals surface area contributed by atoms with Crippen LogP contribution in [-0.4, -0.2) is 55.0 Å². The van der Waals surface area contributed by atoms with Gasteiger partial charge in [0.25, 0.3) is 11.8 Å². The molecule has 0 aliphatic carbocycles. The molecule has 5 heteroatoms. The lowest BCUT2D eigenvalue weighted by atomic mass is 9.99. The van der Waals surface area contributed by atoms with Gasteiger partial charge in [-0.3, -0.25) is 19.4 Å². The van der Waals surface area contributed by atoms with Crippen LogP contribution in [0.25, 0.3) is 0 Å². The normalized spacial score (nSPS) is 22.0. The van der Waals surface area contributed by atoms with Gasteiger partial charge in [0, 0.05) is 6.54 Å². The maximum absolute atomic E-state index is 12.3. The third-order valence-electron chi connectivity index (χ3n) is 4.23. The number of carbonyl (C=O) groups excluding carboxylic acids is 2. The summed E-state index contributed by atoms with van der Waals surface area (Å²) in [5.74, 6) is 0.243. The van der Waals surface area contributed by atoms with E-state index in [9.17, 15) is 9.59 Å². The molecule has 112 valence electrons. The fourth-order valence-electron chi connectivity index (χ4n) is 3.19. The molecule has 1 aromatic rings. The number of benzene rings is 1. The van der Waals surface area contributed by atoms with Crippen LogP contribution >= 0.6 is 0 Å². The van der Waals surface area contributed by atoms with Gasteiger partial charge in [-0.25, -0.2) is 0 Å². The SMILES string of the molecule is CN(CC1CCCNC1)CN1C(=O)c2ccccc2C1=O. The fourth-order valence-corrected chi connectivity index (χ4v) is 3.19. The van der Waals surface area contributed by atoms with Gasteiger partial charge in [0.15, 0.2) is 0 Å². The average molecular weight is 287 g/mol. The van der Waals surface area contributed by atoms with Gasteiger partial charge in [0.05, 0.1) is 17.8 Å². The molecule has 2 heterocycles. The van der Waals surface area contributed by atoms with Gasteiger partial charge in [0.2, 0.25) is 0 Å².